The Morgan fingerprint density at radius 2 is 2.13 bits per heavy atom. The van der Waals surface area contributed by atoms with Crippen molar-refractivity contribution >= 4 is 17.5 Å². The molecule has 15 heavy (non-hydrogen) atoms. The molecule has 0 aliphatic rings. The number of carboxylic acid groups (broad SMARTS) is 1. The first-order valence-electron chi connectivity index (χ1n) is 3.96. The predicted octanol–water partition coefficient (Wildman–Crippen LogP) is 0.811. The second-order valence-corrected chi connectivity index (χ2v) is 2.88. The van der Waals surface area contributed by atoms with Crippen LogP contribution in [0.1, 0.15) is 17.7 Å². The van der Waals surface area contributed by atoms with Crippen molar-refractivity contribution in [1.82, 2.24) is 4.98 Å². The number of nitrogens with zero attached hydrogens (tertiary/aromatic N) is 1. The first kappa shape index (κ1) is 11.2. The number of anilines is 2. The summed E-state index contributed by atoms with van der Waals surface area (Å²) in [5, 5.41) is 8.49. The fourth-order valence-electron chi connectivity index (χ4n) is 1.10. The van der Waals surface area contributed by atoms with E-state index in [9.17, 15) is 13.6 Å². The Hall–Kier alpha value is -1.92. The van der Waals surface area contributed by atoms with Crippen molar-refractivity contribution < 1.29 is 18.7 Å². The highest BCUT2D eigenvalue weighted by Crippen LogP contribution is 2.25. The molecule has 5 nitrogen and oxygen atoms in total. The Balaban J connectivity index is 3.21. The topological polar surface area (TPSA) is 102 Å². The number of rotatable bonds is 3. The van der Waals surface area contributed by atoms with Crippen molar-refractivity contribution in [2.45, 2.75) is 12.8 Å². The lowest BCUT2D eigenvalue weighted by atomic mass is 10.1. The van der Waals surface area contributed by atoms with Gasteiger partial charge in [0.2, 0.25) is 0 Å². The highest BCUT2D eigenvalue weighted by Gasteiger charge is 2.18. The van der Waals surface area contributed by atoms with E-state index in [-0.39, 0.29) is 17.1 Å². The zero-order valence-electron chi connectivity index (χ0n) is 7.58. The lowest BCUT2D eigenvalue weighted by Gasteiger charge is -2.08. The lowest BCUT2D eigenvalue weighted by molar-refractivity contribution is -0.136. The number of carbonyl (C=O) groups is 1. The van der Waals surface area contributed by atoms with E-state index in [4.69, 9.17) is 16.6 Å². The van der Waals surface area contributed by atoms with Crippen LogP contribution in [0.5, 0.6) is 0 Å². The van der Waals surface area contributed by atoms with Crippen molar-refractivity contribution in [3.05, 3.63) is 17.3 Å². The van der Waals surface area contributed by atoms with Gasteiger partial charge in [0.15, 0.2) is 0 Å². The lowest BCUT2D eigenvalue weighted by Crippen LogP contribution is -2.09. The largest absolute Gasteiger partial charge is 0.481 e. The summed E-state index contributed by atoms with van der Waals surface area (Å²) in [6, 6.07) is 1.11. The van der Waals surface area contributed by atoms with Crippen molar-refractivity contribution in [3.63, 3.8) is 0 Å². The molecule has 0 saturated heterocycles. The molecule has 0 amide bonds. The molecule has 0 radical (unpaired) electrons. The molecule has 0 aliphatic carbocycles. The third-order valence-electron chi connectivity index (χ3n) is 1.74. The van der Waals surface area contributed by atoms with Gasteiger partial charge in [-0.3, -0.25) is 4.79 Å². The number of carboxylic acids is 1. The molecule has 1 rings (SSSR count). The van der Waals surface area contributed by atoms with E-state index in [1.807, 2.05) is 0 Å². The Morgan fingerprint density at radius 1 is 1.53 bits per heavy atom. The quantitative estimate of drug-likeness (QED) is 0.695. The molecule has 0 saturated carbocycles. The molecule has 0 unspecified atom stereocenters. The monoisotopic (exact) mass is 217 g/mol. The van der Waals surface area contributed by atoms with Crippen LogP contribution in [0.25, 0.3) is 0 Å². The van der Waals surface area contributed by atoms with Crippen LogP contribution in [0, 0.1) is 0 Å². The Labute approximate surface area is 83.7 Å². The molecule has 1 heterocycles. The highest BCUT2D eigenvalue weighted by molar-refractivity contribution is 5.72. The van der Waals surface area contributed by atoms with Crippen molar-refractivity contribution in [1.29, 1.82) is 0 Å². The van der Waals surface area contributed by atoms with Gasteiger partial charge in [0.25, 0.3) is 6.43 Å². The maximum absolute atomic E-state index is 12.4. The fraction of sp³-hybridized carbons (Fsp3) is 0.250. The molecule has 0 bridgehead atoms. The summed E-state index contributed by atoms with van der Waals surface area (Å²) in [5.41, 5.74) is 9.82. The van der Waals surface area contributed by atoms with Gasteiger partial charge in [-0.1, -0.05) is 0 Å². The van der Waals surface area contributed by atoms with Crippen LogP contribution in [0.15, 0.2) is 6.07 Å². The van der Waals surface area contributed by atoms with Crippen LogP contribution in [-0.4, -0.2) is 16.1 Å². The average Bonchev–Trinajstić information content (AvgIpc) is 2.09. The van der Waals surface area contributed by atoms with Crippen LogP contribution in [0.3, 0.4) is 0 Å². The van der Waals surface area contributed by atoms with Gasteiger partial charge in [-0.2, -0.15) is 0 Å². The summed E-state index contributed by atoms with van der Waals surface area (Å²) in [7, 11) is 0. The third-order valence-corrected chi connectivity index (χ3v) is 1.74. The molecule has 1 aromatic rings. The maximum Gasteiger partial charge on any atom is 0.307 e. The molecular formula is C8H9F2N3O2. The molecule has 82 valence electrons. The second-order valence-electron chi connectivity index (χ2n) is 2.88. The first-order valence-corrected chi connectivity index (χ1v) is 3.96. The minimum atomic E-state index is -2.87. The Kier molecular flexibility index (Phi) is 3.03. The number of hydrogen-bond acceptors (Lipinski definition) is 4. The molecule has 0 aliphatic heterocycles. The zero-order chi connectivity index (χ0) is 11.6. The maximum atomic E-state index is 12.4. The molecule has 0 atom stereocenters. The fourth-order valence-corrected chi connectivity index (χ4v) is 1.10. The van der Waals surface area contributed by atoms with Gasteiger partial charge in [-0.05, 0) is 11.6 Å². The number of halogens is 2. The van der Waals surface area contributed by atoms with Crippen molar-refractivity contribution in [2.75, 3.05) is 11.5 Å². The predicted molar refractivity (Wildman–Crippen MR) is 49.4 cm³/mol. The number of alkyl halides is 2. The molecule has 5 N–H and O–H groups in total. The van der Waals surface area contributed by atoms with Gasteiger partial charge < -0.3 is 16.6 Å². The van der Waals surface area contributed by atoms with Gasteiger partial charge >= 0.3 is 5.97 Å². The van der Waals surface area contributed by atoms with E-state index < -0.39 is 24.5 Å². The number of nitrogens with two attached hydrogens (primary N) is 2. The van der Waals surface area contributed by atoms with E-state index in [0.717, 1.165) is 6.07 Å². The number of hydrogen-bond donors (Lipinski definition) is 3. The molecule has 0 fully saturated rings. The van der Waals surface area contributed by atoms with E-state index >= 15 is 0 Å². The summed E-state index contributed by atoms with van der Waals surface area (Å²) >= 11 is 0. The van der Waals surface area contributed by atoms with Gasteiger partial charge in [0.1, 0.15) is 11.5 Å². The van der Waals surface area contributed by atoms with Crippen LogP contribution in [-0.2, 0) is 11.2 Å². The van der Waals surface area contributed by atoms with Crippen LogP contribution < -0.4 is 11.5 Å². The minimum Gasteiger partial charge on any atom is -0.481 e. The third kappa shape index (κ3) is 2.52. The van der Waals surface area contributed by atoms with E-state index in [1.54, 1.807) is 0 Å². The summed E-state index contributed by atoms with van der Waals surface area (Å²) in [6.45, 7) is 0. The number of nitrogen functional groups attached to an aromatic ring is 2. The zero-order valence-corrected chi connectivity index (χ0v) is 7.58. The molecule has 0 aromatic carbocycles. The highest BCUT2D eigenvalue weighted by atomic mass is 19.3. The van der Waals surface area contributed by atoms with Gasteiger partial charge in [-0.25, -0.2) is 13.8 Å². The molecule has 0 spiro atoms. The Bertz CT molecular complexity index is 396. The smallest absolute Gasteiger partial charge is 0.307 e. The number of pyridine rings is 1. The Morgan fingerprint density at radius 3 is 2.60 bits per heavy atom. The molecule has 1 aromatic heterocycles. The average molecular weight is 217 g/mol. The van der Waals surface area contributed by atoms with Gasteiger partial charge in [0.05, 0.1) is 12.1 Å². The summed E-state index contributed by atoms with van der Waals surface area (Å²) in [5.74, 6) is -1.46. The van der Waals surface area contributed by atoms with Gasteiger partial charge in [0, 0.05) is 0 Å². The van der Waals surface area contributed by atoms with E-state index in [1.165, 1.54) is 0 Å². The summed E-state index contributed by atoms with van der Waals surface area (Å²) < 4.78 is 24.9. The standard InChI is InChI=1S/C8H9F2N3O2/c9-7(10)6-3(2-5(14)15)1-4(11)8(12)13-6/h1,7H,2,11H2,(H2,12,13)(H,14,15). The van der Waals surface area contributed by atoms with Crippen LogP contribution in [0.4, 0.5) is 20.3 Å². The SMILES string of the molecule is Nc1cc(CC(=O)O)c(C(F)F)nc1N. The molecule has 7 heteroatoms. The van der Waals surface area contributed by atoms with E-state index in [2.05, 4.69) is 4.98 Å². The number of aliphatic carboxylic acids is 1. The van der Waals surface area contributed by atoms with E-state index in [0.29, 0.717) is 0 Å². The minimum absolute atomic E-state index is 0.00403. The van der Waals surface area contributed by atoms with Gasteiger partial charge in [-0.15, -0.1) is 0 Å². The summed E-state index contributed by atoms with van der Waals surface area (Å²) in [4.78, 5) is 13.8. The number of aromatic nitrogens is 1. The van der Waals surface area contributed by atoms with Crippen LogP contribution in [0.2, 0.25) is 0 Å². The first-order chi connectivity index (χ1) is 6.91. The van der Waals surface area contributed by atoms with Crippen LogP contribution >= 0.6 is 0 Å². The van der Waals surface area contributed by atoms with Crippen molar-refractivity contribution in [3.8, 4) is 0 Å². The second kappa shape index (κ2) is 4.07. The van der Waals surface area contributed by atoms with Crippen molar-refractivity contribution in [2.24, 2.45) is 0 Å². The summed E-state index contributed by atoms with van der Waals surface area (Å²) in [6.07, 6.45) is -3.43. The normalized spacial score (nSPS) is 10.6. The molecular weight excluding hydrogens is 208 g/mol.